The Hall–Kier alpha value is -0.660. The molecular weight excluding hydrogens is 88.1 g/mol. The number of hydrogen-bond acceptors (Lipinski definition) is 2. The van der Waals surface area contributed by atoms with Crippen molar-refractivity contribution in [2.75, 3.05) is 6.54 Å². The second-order valence-corrected chi connectivity index (χ2v) is 1.95. The van der Waals surface area contributed by atoms with Gasteiger partial charge in [0.25, 0.3) is 0 Å². The Balaban J connectivity index is 2.12. The Morgan fingerprint density at radius 1 is 1.71 bits per heavy atom. The van der Waals surface area contributed by atoms with Crippen LogP contribution in [0, 0.1) is 0 Å². The van der Waals surface area contributed by atoms with E-state index in [0.29, 0.717) is 6.04 Å². The van der Waals surface area contributed by atoms with Crippen LogP contribution in [-0.2, 0) is 0 Å². The molecule has 2 heteroatoms. The molecule has 0 aromatic heterocycles. The molecule has 0 saturated carbocycles. The van der Waals surface area contributed by atoms with E-state index in [1.807, 2.05) is 0 Å². The Morgan fingerprint density at radius 2 is 2.29 bits per heavy atom. The summed E-state index contributed by atoms with van der Waals surface area (Å²) in [6, 6.07) is 0.515. The maximum absolute atomic E-state index is 4.10. The van der Waals surface area contributed by atoms with Crippen molar-refractivity contribution >= 4 is 11.4 Å². The molecule has 0 aliphatic carbocycles. The van der Waals surface area contributed by atoms with Crippen molar-refractivity contribution in [3.63, 3.8) is 0 Å². The zero-order valence-electron chi connectivity index (χ0n) is 4.18. The van der Waals surface area contributed by atoms with Crippen molar-refractivity contribution in [2.24, 2.45) is 9.98 Å². The molecule has 0 N–H and O–H groups in total. The summed E-state index contributed by atoms with van der Waals surface area (Å²) in [5.41, 5.74) is 2.49. The van der Waals surface area contributed by atoms with Crippen molar-refractivity contribution in [3.05, 3.63) is 0 Å². The second-order valence-electron chi connectivity index (χ2n) is 1.95. The van der Waals surface area contributed by atoms with Crippen molar-refractivity contribution in [3.8, 4) is 0 Å². The number of nitrogens with zero attached hydrogens (tertiary/aromatic N) is 2. The smallest absolute Gasteiger partial charge is 0.0911 e. The molecule has 1 atom stereocenters. The third-order valence-electron chi connectivity index (χ3n) is 1.27. The summed E-state index contributed by atoms with van der Waals surface area (Å²) in [4.78, 5) is 8.10. The predicted octanol–water partition coefficient (Wildman–Crippen LogP) is 0.284. The van der Waals surface area contributed by atoms with Crippen LogP contribution in [0.15, 0.2) is 9.98 Å². The summed E-state index contributed by atoms with van der Waals surface area (Å²) >= 11 is 0. The van der Waals surface area contributed by atoms with E-state index in [2.05, 4.69) is 16.9 Å². The summed E-state index contributed by atoms with van der Waals surface area (Å²) in [7, 11) is 0. The van der Waals surface area contributed by atoms with Gasteiger partial charge in [-0.05, 0) is 6.92 Å². The number of hydrogen-bond donors (Lipinski definition) is 0. The minimum absolute atomic E-state index is 0.515. The van der Waals surface area contributed by atoms with Crippen LogP contribution >= 0.6 is 0 Å². The van der Waals surface area contributed by atoms with Crippen molar-refractivity contribution in [2.45, 2.75) is 13.0 Å². The molecule has 0 fully saturated rings. The molecule has 0 bridgehead atoms. The monoisotopic (exact) mass is 94.1 g/mol. The minimum Gasteiger partial charge on any atom is -0.279 e. The van der Waals surface area contributed by atoms with Gasteiger partial charge in [0.2, 0.25) is 0 Å². The average Bonchev–Trinajstić information content (AvgIpc) is 2.23. The Kier molecular flexibility index (Phi) is 0.375. The van der Waals surface area contributed by atoms with Crippen LogP contribution in [0.1, 0.15) is 6.92 Å². The maximum Gasteiger partial charge on any atom is 0.0911 e. The normalized spacial score (nSPS) is 34.1. The zero-order chi connectivity index (χ0) is 4.85. The molecule has 0 saturated heterocycles. The molecule has 7 heavy (non-hydrogen) atoms. The van der Waals surface area contributed by atoms with Crippen LogP contribution in [0.4, 0.5) is 0 Å². The first-order valence-electron chi connectivity index (χ1n) is 2.49. The lowest BCUT2D eigenvalue weighted by Crippen LogP contribution is -1.96. The molecule has 2 nitrogen and oxygen atoms in total. The van der Waals surface area contributed by atoms with Gasteiger partial charge in [0.05, 0.1) is 24.0 Å². The third kappa shape index (κ3) is 0.391. The largest absolute Gasteiger partial charge is 0.279 e. The van der Waals surface area contributed by atoms with E-state index in [0.717, 1.165) is 6.54 Å². The lowest BCUT2D eigenvalue weighted by atomic mass is 10.3. The molecule has 0 spiro atoms. The van der Waals surface area contributed by atoms with Crippen molar-refractivity contribution < 1.29 is 0 Å². The van der Waals surface area contributed by atoms with Crippen LogP contribution in [0.5, 0.6) is 0 Å². The van der Waals surface area contributed by atoms with E-state index in [1.54, 1.807) is 0 Å². The summed E-state index contributed by atoms with van der Waals surface area (Å²) in [6.07, 6.45) is 0. The molecule has 0 aromatic carbocycles. The molecule has 36 valence electrons. The second kappa shape index (κ2) is 0.782. The highest BCUT2D eigenvalue weighted by molar-refractivity contribution is 6.53. The Morgan fingerprint density at radius 3 is 2.43 bits per heavy atom. The molecule has 0 unspecified atom stereocenters. The van der Waals surface area contributed by atoms with Gasteiger partial charge in [-0.2, -0.15) is 0 Å². The molecule has 2 heterocycles. The molecule has 0 aromatic rings. The van der Waals surface area contributed by atoms with E-state index in [9.17, 15) is 0 Å². The summed E-state index contributed by atoms with van der Waals surface area (Å²) in [6.45, 7) is 3.05. The van der Waals surface area contributed by atoms with Gasteiger partial charge in [-0.25, -0.2) is 0 Å². The van der Waals surface area contributed by atoms with Gasteiger partial charge < -0.3 is 0 Å². The van der Waals surface area contributed by atoms with Crippen LogP contribution in [0.25, 0.3) is 0 Å². The summed E-state index contributed by atoms with van der Waals surface area (Å²) in [5, 5.41) is 0. The van der Waals surface area contributed by atoms with E-state index in [-0.39, 0.29) is 0 Å². The standard InChI is InChI=1S/C5H6N2/c1-3-5(7-3)4-2-6-4/h3H,2H2,1H3/t3-/m1/s1. The molecule has 2 aliphatic heterocycles. The molecule has 2 aliphatic rings. The van der Waals surface area contributed by atoms with Gasteiger partial charge in [0.1, 0.15) is 0 Å². The number of rotatable bonds is 1. The van der Waals surface area contributed by atoms with E-state index in [1.165, 1.54) is 11.4 Å². The van der Waals surface area contributed by atoms with Crippen LogP contribution in [0.3, 0.4) is 0 Å². The third-order valence-corrected chi connectivity index (χ3v) is 1.27. The van der Waals surface area contributed by atoms with Gasteiger partial charge in [-0.15, -0.1) is 0 Å². The van der Waals surface area contributed by atoms with Gasteiger partial charge in [0.15, 0.2) is 0 Å². The predicted molar refractivity (Wildman–Crippen MR) is 29.2 cm³/mol. The first-order chi connectivity index (χ1) is 3.38. The zero-order valence-corrected chi connectivity index (χ0v) is 4.18. The minimum atomic E-state index is 0.515. The topological polar surface area (TPSA) is 24.7 Å². The highest BCUT2D eigenvalue weighted by Crippen LogP contribution is 2.16. The highest BCUT2D eigenvalue weighted by atomic mass is 15.0. The van der Waals surface area contributed by atoms with E-state index >= 15 is 0 Å². The fourth-order valence-electron chi connectivity index (χ4n) is 0.689. The van der Waals surface area contributed by atoms with E-state index in [4.69, 9.17) is 0 Å². The van der Waals surface area contributed by atoms with E-state index < -0.39 is 0 Å². The fourth-order valence-corrected chi connectivity index (χ4v) is 0.689. The summed E-state index contributed by atoms with van der Waals surface area (Å²) < 4.78 is 0. The van der Waals surface area contributed by atoms with Crippen molar-refractivity contribution in [1.82, 2.24) is 0 Å². The average molecular weight is 94.1 g/mol. The fraction of sp³-hybridized carbons (Fsp3) is 0.600. The lowest BCUT2D eigenvalue weighted by Gasteiger charge is -1.68. The van der Waals surface area contributed by atoms with Gasteiger partial charge in [0, 0.05) is 0 Å². The van der Waals surface area contributed by atoms with Crippen molar-refractivity contribution in [1.29, 1.82) is 0 Å². The quantitative estimate of drug-likeness (QED) is 0.446. The van der Waals surface area contributed by atoms with Gasteiger partial charge in [-0.3, -0.25) is 9.98 Å². The Bertz CT molecular complexity index is 167. The van der Waals surface area contributed by atoms with Crippen LogP contribution in [0.2, 0.25) is 0 Å². The SMILES string of the molecule is C[C@H]1N=C1C1=NC1. The molecular formula is C5H6N2. The summed E-state index contributed by atoms with van der Waals surface area (Å²) in [5.74, 6) is 0. The molecule has 0 amide bonds. The first kappa shape index (κ1) is 3.36. The van der Waals surface area contributed by atoms with Gasteiger partial charge in [-0.1, -0.05) is 0 Å². The molecule has 2 rings (SSSR count). The van der Waals surface area contributed by atoms with Crippen LogP contribution in [-0.4, -0.2) is 24.0 Å². The Labute approximate surface area is 42.0 Å². The lowest BCUT2D eigenvalue weighted by molar-refractivity contribution is 1.15. The first-order valence-corrected chi connectivity index (χ1v) is 2.49. The maximum atomic E-state index is 4.10. The van der Waals surface area contributed by atoms with Crippen LogP contribution < -0.4 is 0 Å². The highest BCUT2D eigenvalue weighted by Gasteiger charge is 2.31. The van der Waals surface area contributed by atoms with Gasteiger partial charge >= 0.3 is 0 Å². The number of aliphatic imine (C=N–C) groups is 2. The molecule has 0 radical (unpaired) electrons.